The van der Waals surface area contributed by atoms with Crippen LogP contribution in [0.3, 0.4) is 0 Å². The average molecular weight is 1110 g/mol. The van der Waals surface area contributed by atoms with Crippen molar-refractivity contribution >= 4 is 37.9 Å². The van der Waals surface area contributed by atoms with E-state index in [2.05, 4.69) is 36.4 Å². The highest BCUT2D eigenvalue weighted by Gasteiger charge is 2.47. The van der Waals surface area contributed by atoms with Gasteiger partial charge in [0.2, 0.25) is 0 Å². The third kappa shape index (κ3) is 14.0. The highest BCUT2D eigenvalue weighted by Crippen LogP contribution is 2.41. The average Bonchev–Trinajstić information content (AvgIpc) is 3.24. The van der Waals surface area contributed by atoms with Gasteiger partial charge in [-0.1, -0.05) is 103 Å². The minimum Gasteiger partial charge on any atom is -0.194 e. The maximum atomic E-state index is 14.2. The Labute approximate surface area is 403 Å². The molecular weight excluding hydrogens is 1080 g/mol. The molecule has 0 unspecified atom stereocenters. The summed E-state index contributed by atoms with van der Waals surface area (Å²) in [4.78, 5) is 0. The normalized spacial score (nSPS) is 13.6. The molecule has 0 heterocycles. The van der Waals surface area contributed by atoms with E-state index in [9.17, 15) is 110 Å². The molecule has 6 rings (SSSR count). The van der Waals surface area contributed by atoms with Crippen molar-refractivity contribution < 1.29 is 110 Å². The number of benzene rings is 6. The van der Waals surface area contributed by atoms with Gasteiger partial charge in [-0.15, -0.1) is 4.21 Å². The number of rotatable bonds is 7. The molecule has 0 spiro atoms. The fraction of sp³-hybridized carbons (Fsp3) is 0.234. The van der Waals surface area contributed by atoms with E-state index in [-0.39, 0.29) is 0 Å². The molecule has 0 amide bonds. The van der Waals surface area contributed by atoms with Crippen molar-refractivity contribution in [2.75, 3.05) is 12.5 Å². The predicted octanol–water partition coefficient (Wildman–Crippen LogP) is 14.8. The van der Waals surface area contributed by atoms with Crippen molar-refractivity contribution in [3.63, 3.8) is 0 Å². The summed E-state index contributed by atoms with van der Waals surface area (Å²) in [6.45, 7) is 0. The zero-order valence-electron chi connectivity index (χ0n) is 36.8. The van der Waals surface area contributed by atoms with Crippen LogP contribution >= 0.6 is 0 Å². The minimum atomic E-state index is -6.13. The first-order valence-electron chi connectivity index (χ1n) is 20.2. The fourth-order valence-corrected chi connectivity index (χ4v) is 8.89. The van der Waals surface area contributed by atoms with Crippen LogP contribution in [0.2, 0.25) is 0 Å². The lowest BCUT2D eigenvalue weighted by atomic mass is 9.12. The van der Waals surface area contributed by atoms with E-state index < -0.39 is 205 Å². The molecule has 0 aliphatic heterocycles. The van der Waals surface area contributed by atoms with Gasteiger partial charge in [0.15, 0.2) is 0 Å². The van der Waals surface area contributed by atoms with Gasteiger partial charge in [-0.2, -0.15) is 127 Å². The van der Waals surface area contributed by atoms with Crippen LogP contribution in [0.5, 0.6) is 0 Å². The molecule has 6 aromatic carbocycles. The summed E-state index contributed by atoms with van der Waals surface area (Å²) in [6.07, 6.45) is -51.2. The van der Waals surface area contributed by atoms with Crippen LogP contribution in [0.1, 0.15) is 50.1 Å². The highest BCUT2D eigenvalue weighted by molar-refractivity contribution is 8.00. The van der Waals surface area contributed by atoms with Crippen LogP contribution in [0.4, 0.5) is 105 Å². The second-order valence-corrected chi connectivity index (χ2v) is 20.0. The van der Waals surface area contributed by atoms with Gasteiger partial charge in [-0.25, -0.2) is 0 Å². The van der Waals surface area contributed by atoms with E-state index >= 15 is 0 Å². The molecule has 6 aromatic rings. The van der Waals surface area contributed by atoms with E-state index in [0.29, 0.717) is 5.75 Å². The van der Waals surface area contributed by atoms with E-state index in [1.54, 1.807) is 12.5 Å². The number of hydrogen-bond acceptors (Lipinski definition) is 1. The Morgan fingerprint density at radius 1 is 0.311 bits per heavy atom. The van der Waals surface area contributed by atoms with Gasteiger partial charge >= 0.3 is 49.4 Å². The van der Waals surface area contributed by atoms with E-state index in [4.69, 9.17) is 0 Å². The Morgan fingerprint density at radius 3 is 0.703 bits per heavy atom. The summed E-state index contributed by atoms with van der Waals surface area (Å²) in [5.74, 6) is 0.655. The summed E-state index contributed by atoms with van der Waals surface area (Å²) < 4.78 is 353. The molecule has 1 nitrogen and oxygen atoms in total. The molecule has 27 heteroatoms. The lowest BCUT2D eigenvalue weighted by Crippen LogP contribution is -2.75. The summed E-state index contributed by atoms with van der Waals surface area (Å²) in [5.41, 5.74) is -26.6. The van der Waals surface area contributed by atoms with Crippen LogP contribution < -0.4 is 21.9 Å². The van der Waals surface area contributed by atoms with Gasteiger partial charge in [0.25, 0.3) is 0 Å². The minimum absolute atomic E-state index is 0.655. The standard InChI is InChI=1S/C32H12BF24.C15H17OS/c34-25(35,36)13-1-14(26(37,38)39)6-21(5-13)33(22-7-15(27(40,41)42)2-16(8-22)28(43,44)45,23-9-17(29(46,47)48)3-18(10-23)30(49,50)51)24-11-19(31(52,53)54)4-20(12-24)32(55,56)57;1-17(2,16)12-13-8-10-15(11-9-13)14-6-4-3-5-7-14/h1-12H;3-11H,12H2,1-2H3/q-1;+1. The number of alkyl halides is 24. The molecule has 0 bridgehead atoms. The zero-order chi connectivity index (χ0) is 56.2. The maximum Gasteiger partial charge on any atom is 0.416 e. The first kappa shape index (κ1) is 58.7. The van der Waals surface area contributed by atoms with Crippen LogP contribution in [0, 0.1) is 0 Å². The molecule has 0 N–H and O–H groups in total. The Hall–Kier alpha value is -6.15. The van der Waals surface area contributed by atoms with Crippen LogP contribution in [-0.4, -0.2) is 18.7 Å². The van der Waals surface area contributed by atoms with Crippen LogP contribution in [0.25, 0.3) is 11.1 Å². The van der Waals surface area contributed by atoms with Crippen molar-refractivity contribution in [2.24, 2.45) is 0 Å². The highest BCUT2D eigenvalue weighted by atomic mass is 32.2. The molecule has 0 atom stereocenters. The van der Waals surface area contributed by atoms with Gasteiger partial charge in [0.1, 0.15) is 24.4 Å². The Kier molecular flexibility index (Phi) is 15.8. The second-order valence-electron chi connectivity index (χ2n) is 16.9. The summed E-state index contributed by atoms with van der Waals surface area (Å²) in [7, 11) is -1.70. The van der Waals surface area contributed by atoms with E-state index in [1.165, 1.54) is 11.1 Å². The molecule has 0 aromatic heterocycles. The Morgan fingerprint density at radius 2 is 0.514 bits per heavy atom. The summed E-state index contributed by atoms with van der Waals surface area (Å²) in [5, 5.41) is 0. The van der Waals surface area contributed by atoms with Gasteiger partial charge in [-0.3, -0.25) is 0 Å². The molecule has 0 fully saturated rings. The molecule has 74 heavy (non-hydrogen) atoms. The van der Waals surface area contributed by atoms with Crippen molar-refractivity contribution in [3.05, 3.63) is 177 Å². The van der Waals surface area contributed by atoms with Gasteiger partial charge in [0.05, 0.1) is 54.4 Å². The first-order valence-corrected chi connectivity index (χ1v) is 22.8. The largest absolute Gasteiger partial charge is 0.416 e. The van der Waals surface area contributed by atoms with Crippen LogP contribution in [0.15, 0.2) is 127 Å². The smallest absolute Gasteiger partial charge is 0.194 e. The summed E-state index contributed by atoms with van der Waals surface area (Å²) >= 11 is 0. The zero-order valence-corrected chi connectivity index (χ0v) is 37.6. The third-order valence-corrected chi connectivity index (χ3v) is 12.0. The molecule has 400 valence electrons. The molecule has 0 radical (unpaired) electrons. The Bertz CT molecular complexity index is 2570. The first-order chi connectivity index (χ1) is 33.3. The van der Waals surface area contributed by atoms with Crippen LogP contribution in [-0.2, 0) is 69.3 Å². The fourth-order valence-electron chi connectivity index (χ4n) is 7.90. The van der Waals surface area contributed by atoms with Crippen molar-refractivity contribution in [3.8, 4) is 11.1 Å². The van der Waals surface area contributed by atoms with E-state index in [0.717, 1.165) is 5.56 Å². The van der Waals surface area contributed by atoms with Gasteiger partial charge < -0.3 is 0 Å². The van der Waals surface area contributed by atoms with E-state index in [1.807, 2.05) is 18.2 Å². The second kappa shape index (κ2) is 19.9. The monoisotopic (exact) mass is 1110 g/mol. The van der Waals surface area contributed by atoms with Crippen molar-refractivity contribution in [1.29, 1.82) is 0 Å². The van der Waals surface area contributed by atoms with Gasteiger partial charge in [0, 0.05) is 5.56 Å². The quantitative estimate of drug-likeness (QED) is 0.0885. The molecular formula is C47H29BF24OS. The van der Waals surface area contributed by atoms with Crippen molar-refractivity contribution in [1.82, 2.24) is 0 Å². The van der Waals surface area contributed by atoms with Gasteiger partial charge in [-0.05, 0) is 35.4 Å². The number of hydrogen-bond donors (Lipinski definition) is 0. The Balaban J connectivity index is 0.000000500. The molecule has 0 saturated carbocycles. The SMILES string of the molecule is C[S+](C)(=O)Cc1ccc(-c2ccccc2)cc1.FC(F)(F)c1cc([B-](c2cc(C(F)(F)F)cc(C(F)(F)F)c2)(c2cc(C(F)(F)F)cc(C(F)(F)F)c2)c2cc(C(F)(F)F)cc(C(F)(F)F)c2)cc(C(F)(F)F)c1. The number of halogens is 24. The third-order valence-electron chi connectivity index (χ3n) is 11.0. The molecule has 0 aliphatic carbocycles. The summed E-state index contributed by atoms with van der Waals surface area (Å²) in [6, 6.07) is 9.78. The lowest BCUT2D eigenvalue weighted by Gasteiger charge is -2.46. The lowest BCUT2D eigenvalue weighted by molar-refractivity contribution is -0.144. The topological polar surface area (TPSA) is 17.1 Å². The van der Waals surface area contributed by atoms with Crippen molar-refractivity contribution in [2.45, 2.75) is 55.2 Å². The predicted molar refractivity (Wildman–Crippen MR) is 226 cm³/mol. The molecule has 0 aliphatic rings. The molecule has 0 saturated heterocycles. The maximum absolute atomic E-state index is 14.2.